The first-order chi connectivity index (χ1) is 8.35. The van der Waals surface area contributed by atoms with Crippen LogP contribution in [0.2, 0.25) is 0 Å². The molecule has 104 valence electrons. The monoisotopic (exact) mass is 256 g/mol. The summed E-state index contributed by atoms with van der Waals surface area (Å²) in [6.07, 6.45) is 1.19. The molecule has 1 aliphatic heterocycles. The van der Waals surface area contributed by atoms with E-state index in [1.807, 2.05) is 27.7 Å². The summed E-state index contributed by atoms with van der Waals surface area (Å²) in [6, 6.07) is -0.404. The van der Waals surface area contributed by atoms with E-state index in [1.165, 1.54) is 4.90 Å². The zero-order valence-electron chi connectivity index (χ0n) is 11.8. The van der Waals surface area contributed by atoms with Crippen LogP contribution in [-0.4, -0.2) is 48.1 Å². The van der Waals surface area contributed by atoms with Crippen LogP contribution in [0.1, 0.15) is 40.5 Å². The van der Waals surface area contributed by atoms with E-state index in [0.29, 0.717) is 26.1 Å². The Bertz CT molecular complexity index is 310. The second-order valence-corrected chi connectivity index (χ2v) is 5.56. The molecule has 5 nitrogen and oxygen atoms in total. The van der Waals surface area contributed by atoms with Crippen molar-refractivity contribution < 1.29 is 14.3 Å². The lowest BCUT2D eigenvalue weighted by atomic mass is 10.1. The maximum atomic E-state index is 12.1. The van der Waals surface area contributed by atoms with Gasteiger partial charge in [0.25, 0.3) is 0 Å². The van der Waals surface area contributed by atoms with Gasteiger partial charge in [-0.1, -0.05) is 6.92 Å². The summed E-state index contributed by atoms with van der Waals surface area (Å²) < 4.78 is 5.61. The summed E-state index contributed by atoms with van der Waals surface area (Å²) in [4.78, 5) is 25.3. The van der Waals surface area contributed by atoms with E-state index in [-0.39, 0.29) is 17.4 Å². The molecule has 1 saturated heterocycles. The fraction of sp³-hybridized carbons (Fsp3) is 0.846. The van der Waals surface area contributed by atoms with E-state index in [1.54, 1.807) is 0 Å². The molecule has 1 N–H and O–H groups in total. The molecule has 2 amide bonds. The van der Waals surface area contributed by atoms with Crippen molar-refractivity contribution in [2.24, 2.45) is 0 Å². The molecule has 1 heterocycles. The average Bonchev–Trinajstić information content (AvgIpc) is 2.26. The molecule has 0 saturated carbocycles. The topological polar surface area (TPSA) is 58.6 Å². The van der Waals surface area contributed by atoms with Gasteiger partial charge in [-0.2, -0.15) is 0 Å². The van der Waals surface area contributed by atoms with Crippen molar-refractivity contribution in [2.75, 3.05) is 19.7 Å². The molecule has 1 fully saturated rings. The number of nitrogens with one attached hydrogen (secondary N) is 1. The number of carbonyl (C=O) groups excluding carboxylic acids is 2. The van der Waals surface area contributed by atoms with Crippen LogP contribution < -0.4 is 5.32 Å². The zero-order valence-corrected chi connectivity index (χ0v) is 11.8. The molecule has 18 heavy (non-hydrogen) atoms. The molecule has 0 spiro atoms. The SMILES string of the molecule is CCCC(=O)N1CCNC(COC(C)(C)C)C1=O. The highest BCUT2D eigenvalue weighted by atomic mass is 16.5. The minimum absolute atomic E-state index is 0.0789. The highest BCUT2D eigenvalue weighted by Gasteiger charge is 2.32. The van der Waals surface area contributed by atoms with Crippen molar-refractivity contribution >= 4 is 11.8 Å². The van der Waals surface area contributed by atoms with Crippen LogP contribution in [0, 0.1) is 0 Å². The number of hydrogen-bond donors (Lipinski definition) is 1. The maximum Gasteiger partial charge on any atom is 0.248 e. The summed E-state index contributed by atoms with van der Waals surface area (Å²) in [5.41, 5.74) is -0.280. The van der Waals surface area contributed by atoms with Crippen molar-refractivity contribution in [3.8, 4) is 0 Å². The quantitative estimate of drug-likeness (QED) is 0.813. The van der Waals surface area contributed by atoms with Gasteiger partial charge >= 0.3 is 0 Å². The van der Waals surface area contributed by atoms with Crippen LogP contribution in [0.4, 0.5) is 0 Å². The summed E-state index contributed by atoms with van der Waals surface area (Å²) in [6.45, 7) is 9.17. The number of hydrogen-bond acceptors (Lipinski definition) is 4. The van der Waals surface area contributed by atoms with Crippen LogP contribution in [0.15, 0.2) is 0 Å². The maximum absolute atomic E-state index is 12.1. The van der Waals surface area contributed by atoms with Crippen LogP contribution in [0.3, 0.4) is 0 Å². The summed E-state index contributed by atoms with van der Waals surface area (Å²) in [7, 11) is 0. The van der Waals surface area contributed by atoms with Crippen molar-refractivity contribution in [1.82, 2.24) is 10.2 Å². The Kier molecular flexibility index (Phi) is 5.28. The number of ether oxygens (including phenoxy) is 1. The van der Waals surface area contributed by atoms with Crippen molar-refractivity contribution in [3.63, 3.8) is 0 Å². The molecule has 0 radical (unpaired) electrons. The lowest BCUT2D eigenvalue weighted by Gasteiger charge is -2.33. The Balaban J connectivity index is 2.56. The Morgan fingerprint density at radius 1 is 1.50 bits per heavy atom. The Hall–Kier alpha value is -0.940. The molecule has 0 aromatic heterocycles. The fourth-order valence-corrected chi connectivity index (χ4v) is 1.80. The van der Waals surface area contributed by atoms with Crippen LogP contribution in [-0.2, 0) is 14.3 Å². The van der Waals surface area contributed by atoms with E-state index in [4.69, 9.17) is 4.74 Å². The average molecular weight is 256 g/mol. The highest BCUT2D eigenvalue weighted by Crippen LogP contribution is 2.11. The molecule has 0 bridgehead atoms. The summed E-state index contributed by atoms with van der Waals surface area (Å²) in [5.74, 6) is -0.242. The number of nitrogens with zero attached hydrogens (tertiary/aromatic N) is 1. The van der Waals surface area contributed by atoms with Gasteiger partial charge in [-0.3, -0.25) is 14.5 Å². The predicted molar refractivity (Wildman–Crippen MR) is 69.1 cm³/mol. The van der Waals surface area contributed by atoms with Gasteiger partial charge in [0.1, 0.15) is 6.04 Å². The molecule has 1 atom stereocenters. The molecule has 0 aromatic rings. The summed E-state index contributed by atoms with van der Waals surface area (Å²) in [5, 5.41) is 3.10. The van der Waals surface area contributed by atoms with E-state index >= 15 is 0 Å². The van der Waals surface area contributed by atoms with Gasteiger partial charge in [-0.25, -0.2) is 0 Å². The standard InChI is InChI=1S/C13H24N2O3/c1-5-6-11(16)15-8-7-14-10(12(15)17)9-18-13(2,3)4/h10,14H,5-9H2,1-4H3. The molecule has 1 unspecified atom stereocenters. The number of rotatable bonds is 4. The second kappa shape index (κ2) is 6.29. The van der Waals surface area contributed by atoms with Gasteiger partial charge < -0.3 is 10.1 Å². The van der Waals surface area contributed by atoms with E-state index in [9.17, 15) is 9.59 Å². The second-order valence-electron chi connectivity index (χ2n) is 5.56. The third-order valence-electron chi connectivity index (χ3n) is 2.74. The minimum atomic E-state index is -0.404. The molecule has 0 aliphatic carbocycles. The van der Waals surface area contributed by atoms with Crippen molar-refractivity contribution in [2.45, 2.75) is 52.2 Å². The lowest BCUT2D eigenvalue weighted by molar-refractivity contribution is -0.150. The van der Waals surface area contributed by atoms with E-state index in [0.717, 1.165) is 6.42 Å². The number of piperazine rings is 1. The van der Waals surface area contributed by atoms with Crippen molar-refractivity contribution in [3.05, 3.63) is 0 Å². The molecular formula is C13H24N2O3. The first-order valence-electron chi connectivity index (χ1n) is 6.56. The predicted octanol–water partition coefficient (Wildman–Crippen LogP) is 0.929. The van der Waals surface area contributed by atoms with E-state index < -0.39 is 6.04 Å². The van der Waals surface area contributed by atoms with E-state index in [2.05, 4.69) is 5.32 Å². The van der Waals surface area contributed by atoms with Gasteiger partial charge in [0.2, 0.25) is 11.8 Å². The highest BCUT2D eigenvalue weighted by molar-refractivity contribution is 5.98. The number of imide groups is 1. The van der Waals surface area contributed by atoms with Gasteiger partial charge in [0.05, 0.1) is 12.2 Å². The van der Waals surface area contributed by atoms with Crippen LogP contribution in [0.5, 0.6) is 0 Å². The zero-order chi connectivity index (χ0) is 13.8. The Morgan fingerprint density at radius 2 is 2.17 bits per heavy atom. The lowest BCUT2D eigenvalue weighted by Crippen LogP contribution is -2.58. The largest absolute Gasteiger partial charge is 0.374 e. The molecule has 5 heteroatoms. The third-order valence-corrected chi connectivity index (χ3v) is 2.74. The summed E-state index contributed by atoms with van der Waals surface area (Å²) >= 11 is 0. The minimum Gasteiger partial charge on any atom is -0.374 e. The Labute approximate surface area is 109 Å². The van der Waals surface area contributed by atoms with Crippen LogP contribution >= 0.6 is 0 Å². The normalized spacial score (nSPS) is 21.2. The molecule has 1 rings (SSSR count). The molecule has 1 aliphatic rings. The third kappa shape index (κ3) is 4.38. The number of carbonyl (C=O) groups is 2. The van der Waals surface area contributed by atoms with Crippen molar-refractivity contribution in [1.29, 1.82) is 0 Å². The molecule has 0 aromatic carbocycles. The van der Waals surface area contributed by atoms with Gasteiger partial charge in [0.15, 0.2) is 0 Å². The smallest absolute Gasteiger partial charge is 0.248 e. The van der Waals surface area contributed by atoms with Gasteiger partial charge in [0, 0.05) is 19.5 Å². The molecular weight excluding hydrogens is 232 g/mol. The fourth-order valence-electron chi connectivity index (χ4n) is 1.80. The van der Waals surface area contributed by atoms with Gasteiger partial charge in [-0.15, -0.1) is 0 Å². The Morgan fingerprint density at radius 3 is 2.72 bits per heavy atom. The first-order valence-corrected chi connectivity index (χ1v) is 6.56. The number of amides is 2. The van der Waals surface area contributed by atoms with Crippen LogP contribution in [0.25, 0.3) is 0 Å². The first kappa shape index (κ1) is 15.1. The van der Waals surface area contributed by atoms with Gasteiger partial charge in [-0.05, 0) is 27.2 Å².